The van der Waals surface area contributed by atoms with E-state index < -0.39 is 0 Å². The molecule has 1 aromatic rings. The second-order valence-electron chi connectivity index (χ2n) is 3.98. The molecule has 15 heavy (non-hydrogen) atoms. The summed E-state index contributed by atoms with van der Waals surface area (Å²) in [4.78, 5) is 14.1. The van der Waals surface area contributed by atoms with Crippen molar-refractivity contribution in [2.45, 2.75) is 52.4 Å². The Labute approximate surface area is 96.5 Å². The summed E-state index contributed by atoms with van der Waals surface area (Å²) in [5.74, 6) is 0.973. The van der Waals surface area contributed by atoms with Gasteiger partial charge in [-0.2, -0.15) is 0 Å². The smallest absolute Gasteiger partial charge is 0.132 e. The molecule has 0 aliphatic heterocycles. The van der Waals surface area contributed by atoms with E-state index in [0.717, 1.165) is 19.3 Å². The Morgan fingerprint density at radius 3 is 2.60 bits per heavy atom. The quantitative estimate of drug-likeness (QED) is 0.703. The fraction of sp³-hybridized carbons (Fsp3) is 0.615. The maximum Gasteiger partial charge on any atom is 0.132 e. The van der Waals surface area contributed by atoms with Gasteiger partial charge in [0.2, 0.25) is 0 Å². The van der Waals surface area contributed by atoms with Gasteiger partial charge in [0.05, 0.1) is 0 Å². The number of hydrogen-bond donors (Lipinski definition) is 0. The van der Waals surface area contributed by atoms with E-state index in [1.807, 2.05) is 18.3 Å². The zero-order valence-corrected chi connectivity index (χ0v) is 10.7. The fourth-order valence-electron chi connectivity index (χ4n) is 1.73. The van der Waals surface area contributed by atoms with Gasteiger partial charge in [0.15, 0.2) is 0 Å². The minimum absolute atomic E-state index is 0.390. The number of carbonyl (C=O) groups is 1. The van der Waals surface area contributed by atoms with Gasteiger partial charge >= 0.3 is 0 Å². The number of ketones is 1. The number of carbonyl (C=O) groups excluding carboxylic acids is 1. The first-order chi connectivity index (χ1) is 7.17. The Morgan fingerprint density at radius 1 is 1.40 bits per heavy atom. The van der Waals surface area contributed by atoms with Crippen molar-refractivity contribution < 1.29 is 4.79 Å². The van der Waals surface area contributed by atoms with Crippen molar-refractivity contribution >= 4 is 17.1 Å². The average Bonchev–Trinajstić information content (AvgIpc) is 2.65. The van der Waals surface area contributed by atoms with E-state index in [2.05, 4.69) is 26.0 Å². The summed E-state index contributed by atoms with van der Waals surface area (Å²) in [6.45, 7) is 6.28. The summed E-state index contributed by atoms with van der Waals surface area (Å²) in [7, 11) is 0. The van der Waals surface area contributed by atoms with Gasteiger partial charge in [0.25, 0.3) is 0 Å². The summed E-state index contributed by atoms with van der Waals surface area (Å²) in [5, 5.41) is 0. The Hall–Kier alpha value is -0.630. The van der Waals surface area contributed by atoms with E-state index in [9.17, 15) is 4.79 Å². The van der Waals surface area contributed by atoms with Crippen LogP contribution in [0, 0.1) is 6.92 Å². The van der Waals surface area contributed by atoms with Crippen molar-refractivity contribution in [1.29, 1.82) is 0 Å². The van der Waals surface area contributed by atoms with Crippen LogP contribution in [0.4, 0.5) is 0 Å². The molecule has 0 aromatic carbocycles. The molecule has 1 aromatic heterocycles. The van der Waals surface area contributed by atoms with E-state index in [1.165, 1.54) is 9.75 Å². The first kappa shape index (κ1) is 12.4. The first-order valence-electron chi connectivity index (χ1n) is 5.75. The van der Waals surface area contributed by atoms with Gasteiger partial charge in [-0.15, -0.1) is 11.3 Å². The van der Waals surface area contributed by atoms with Gasteiger partial charge in [-0.1, -0.05) is 13.8 Å². The second kappa shape index (κ2) is 6.06. The average molecular weight is 224 g/mol. The maximum absolute atomic E-state index is 11.3. The molecule has 0 N–H and O–H groups in total. The zero-order chi connectivity index (χ0) is 11.3. The van der Waals surface area contributed by atoms with Gasteiger partial charge in [-0.3, -0.25) is 4.79 Å². The number of aryl methyl sites for hydroxylation is 1. The summed E-state index contributed by atoms with van der Waals surface area (Å²) < 4.78 is 0. The molecule has 1 unspecified atom stereocenters. The standard InChI is InChI=1S/C13H20OS/c1-4-11(7-8-12(14)5-2)13-9-6-10(3)15-13/h6,9,11H,4-5,7-8H2,1-3H3. The molecular weight excluding hydrogens is 204 g/mol. The van der Waals surface area contributed by atoms with E-state index in [1.54, 1.807) is 0 Å². The molecule has 1 heterocycles. The predicted molar refractivity (Wildman–Crippen MR) is 66.6 cm³/mol. The summed E-state index contributed by atoms with van der Waals surface area (Å²) >= 11 is 1.87. The highest BCUT2D eigenvalue weighted by Crippen LogP contribution is 2.30. The third-order valence-electron chi connectivity index (χ3n) is 2.82. The number of hydrogen-bond acceptors (Lipinski definition) is 2. The van der Waals surface area contributed by atoms with E-state index >= 15 is 0 Å². The van der Waals surface area contributed by atoms with Crippen LogP contribution < -0.4 is 0 Å². The lowest BCUT2D eigenvalue weighted by Gasteiger charge is -2.11. The van der Waals surface area contributed by atoms with Crippen LogP contribution in [-0.2, 0) is 4.79 Å². The van der Waals surface area contributed by atoms with Crippen LogP contribution >= 0.6 is 11.3 Å². The van der Waals surface area contributed by atoms with Crippen LogP contribution in [0.25, 0.3) is 0 Å². The third-order valence-corrected chi connectivity index (χ3v) is 3.99. The Balaban J connectivity index is 2.53. The molecule has 0 radical (unpaired) electrons. The van der Waals surface area contributed by atoms with Crippen molar-refractivity contribution in [3.05, 3.63) is 21.9 Å². The van der Waals surface area contributed by atoms with E-state index in [0.29, 0.717) is 18.1 Å². The van der Waals surface area contributed by atoms with Gasteiger partial charge in [-0.25, -0.2) is 0 Å². The molecule has 0 saturated heterocycles. The molecule has 0 spiro atoms. The summed E-state index contributed by atoms with van der Waals surface area (Å²) in [5.41, 5.74) is 0. The minimum Gasteiger partial charge on any atom is -0.300 e. The molecule has 1 nitrogen and oxygen atoms in total. The van der Waals surface area contributed by atoms with Gasteiger partial charge in [0, 0.05) is 22.6 Å². The highest BCUT2D eigenvalue weighted by Gasteiger charge is 2.12. The molecule has 1 rings (SSSR count). The van der Waals surface area contributed by atoms with Gasteiger partial charge in [0.1, 0.15) is 5.78 Å². The number of Topliss-reactive ketones (excluding diaryl/α,β-unsaturated/α-hetero) is 1. The maximum atomic E-state index is 11.3. The third kappa shape index (κ3) is 3.78. The van der Waals surface area contributed by atoms with Crippen LogP contribution in [-0.4, -0.2) is 5.78 Å². The van der Waals surface area contributed by atoms with Crippen LogP contribution in [0.2, 0.25) is 0 Å². The summed E-state index contributed by atoms with van der Waals surface area (Å²) in [6, 6.07) is 4.38. The van der Waals surface area contributed by atoms with Crippen molar-refractivity contribution in [3.63, 3.8) is 0 Å². The minimum atomic E-state index is 0.390. The highest BCUT2D eigenvalue weighted by atomic mass is 32.1. The Morgan fingerprint density at radius 2 is 2.13 bits per heavy atom. The second-order valence-corrected chi connectivity index (χ2v) is 5.30. The molecule has 0 aliphatic carbocycles. The summed E-state index contributed by atoms with van der Waals surface area (Å²) in [6.07, 6.45) is 3.58. The monoisotopic (exact) mass is 224 g/mol. The molecule has 0 bridgehead atoms. The van der Waals surface area contributed by atoms with Crippen molar-refractivity contribution in [2.24, 2.45) is 0 Å². The fourth-order valence-corrected chi connectivity index (χ4v) is 2.83. The molecule has 2 heteroatoms. The molecule has 1 atom stereocenters. The van der Waals surface area contributed by atoms with Crippen molar-refractivity contribution in [2.75, 3.05) is 0 Å². The lowest BCUT2D eigenvalue weighted by atomic mass is 9.97. The SMILES string of the molecule is CCC(=O)CCC(CC)c1ccc(C)s1. The molecule has 0 aliphatic rings. The molecule has 0 fully saturated rings. The molecule has 0 saturated carbocycles. The predicted octanol–water partition coefficient (Wildman–Crippen LogP) is 4.31. The Kier molecular flexibility index (Phi) is 5.03. The number of rotatable bonds is 6. The largest absolute Gasteiger partial charge is 0.300 e. The first-order valence-corrected chi connectivity index (χ1v) is 6.57. The molecule has 84 valence electrons. The van der Waals surface area contributed by atoms with Crippen LogP contribution in [0.1, 0.15) is 55.2 Å². The molecule has 0 amide bonds. The molecular formula is C13H20OS. The lowest BCUT2D eigenvalue weighted by molar-refractivity contribution is -0.118. The van der Waals surface area contributed by atoms with Crippen molar-refractivity contribution in [1.82, 2.24) is 0 Å². The zero-order valence-electron chi connectivity index (χ0n) is 9.88. The van der Waals surface area contributed by atoms with Gasteiger partial charge in [-0.05, 0) is 37.8 Å². The topological polar surface area (TPSA) is 17.1 Å². The van der Waals surface area contributed by atoms with E-state index in [4.69, 9.17) is 0 Å². The normalized spacial score (nSPS) is 12.7. The number of thiophene rings is 1. The highest BCUT2D eigenvalue weighted by molar-refractivity contribution is 7.12. The van der Waals surface area contributed by atoms with Gasteiger partial charge < -0.3 is 0 Å². The van der Waals surface area contributed by atoms with Crippen LogP contribution in [0.15, 0.2) is 12.1 Å². The van der Waals surface area contributed by atoms with Crippen LogP contribution in [0.3, 0.4) is 0 Å². The van der Waals surface area contributed by atoms with Crippen molar-refractivity contribution in [3.8, 4) is 0 Å². The van der Waals surface area contributed by atoms with Crippen LogP contribution in [0.5, 0.6) is 0 Å². The van der Waals surface area contributed by atoms with E-state index in [-0.39, 0.29) is 0 Å². The Bertz CT molecular complexity index is 314. The lowest BCUT2D eigenvalue weighted by Crippen LogP contribution is -2.01.